The number of ether oxygens (including phenoxy) is 3. The maximum absolute atomic E-state index is 14.0. The average molecular weight is 487 g/mol. The van der Waals surface area contributed by atoms with Gasteiger partial charge in [0, 0.05) is 5.92 Å². The predicted molar refractivity (Wildman–Crippen MR) is 127 cm³/mol. The summed E-state index contributed by atoms with van der Waals surface area (Å²) in [6, 6.07) is 19.5. The molecule has 2 fully saturated rings. The van der Waals surface area contributed by atoms with Crippen molar-refractivity contribution >= 4 is 13.6 Å². The van der Waals surface area contributed by atoms with E-state index >= 15 is 0 Å². The van der Waals surface area contributed by atoms with E-state index in [0.29, 0.717) is 19.6 Å². The molecule has 1 aliphatic heterocycles. The van der Waals surface area contributed by atoms with Crippen molar-refractivity contribution in [3.05, 3.63) is 84.4 Å². The molecule has 7 nitrogen and oxygen atoms in total. The van der Waals surface area contributed by atoms with Gasteiger partial charge in [0.15, 0.2) is 5.16 Å². The Hall–Kier alpha value is -2.28. The second-order valence-corrected chi connectivity index (χ2v) is 10.7. The molecule has 4 rings (SSSR count). The van der Waals surface area contributed by atoms with Gasteiger partial charge >= 0.3 is 13.6 Å². The van der Waals surface area contributed by atoms with E-state index < -0.39 is 30.9 Å². The van der Waals surface area contributed by atoms with Gasteiger partial charge in [0.2, 0.25) is 0 Å². The van der Waals surface area contributed by atoms with Gasteiger partial charge in [0.05, 0.1) is 39.1 Å². The number of esters is 1. The van der Waals surface area contributed by atoms with Crippen LogP contribution in [0.3, 0.4) is 0 Å². The zero-order chi connectivity index (χ0) is 24.0. The second kappa shape index (κ2) is 11.0. The third kappa shape index (κ3) is 5.19. The average Bonchev–Trinajstić information content (AvgIpc) is 3.57. The van der Waals surface area contributed by atoms with Crippen LogP contribution in [0.5, 0.6) is 0 Å². The summed E-state index contributed by atoms with van der Waals surface area (Å²) < 4.78 is 42.7. The third-order valence-electron chi connectivity index (χ3n) is 6.15. The molecule has 0 bridgehead atoms. The van der Waals surface area contributed by atoms with Crippen LogP contribution in [0.4, 0.5) is 0 Å². The van der Waals surface area contributed by atoms with Gasteiger partial charge in [-0.3, -0.25) is 13.9 Å². The fraction of sp³-hybridized carbons (Fsp3) is 0.423. The van der Waals surface area contributed by atoms with Crippen molar-refractivity contribution < 1.29 is 32.6 Å². The van der Waals surface area contributed by atoms with E-state index in [9.17, 15) is 9.36 Å². The number of carbonyl (C=O) groups excluding carboxylic acids is 1. The number of benzene rings is 2. The summed E-state index contributed by atoms with van der Waals surface area (Å²) in [6.07, 6.45) is 0.682. The molecule has 0 amide bonds. The summed E-state index contributed by atoms with van der Waals surface area (Å²) in [7, 11) is -3.86. The van der Waals surface area contributed by atoms with E-state index in [1.165, 1.54) is 6.08 Å². The van der Waals surface area contributed by atoms with Gasteiger partial charge in [-0.25, -0.2) is 0 Å². The Morgan fingerprint density at radius 1 is 1.12 bits per heavy atom. The molecule has 0 spiro atoms. The van der Waals surface area contributed by atoms with Crippen molar-refractivity contribution in [1.82, 2.24) is 0 Å². The van der Waals surface area contributed by atoms with Crippen LogP contribution in [0.2, 0.25) is 0 Å². The quantitative estimate of drug-likeness (QED) is 0.226. The Bertz CT molecular complexity index is 1010. The van der Waals surface area contributed by atoms with Crippen molar-refractivity contribution in [3.63, 3.8) is 0 Å². The lowest BCUT2D eigenvalue weighted by molar-refractivity contribution is -0.144. The first kappa shape index (κ1) is 24.8. The van der Waals surface area contributed by atoms with Crippen LogP contribution in [0.25, 0.3) is 0 Å². The Morgan fingerprint density at radius 3 is 2.32 bits per heavy atom. The van der Waals surface area contributed by atoms with Crippen LogP contribution in [-0.4, -0.2) is 43.2 Å². The zero-order valence-corrected chi connectivity index (χ0v) is 20.2. The third-order valence-corrected chi connectivity index (χ3v) is 8.92. The lowest BCUT2D eigenvalue weighted by atomic mass is 10.2. The molecule has 1 heterocycles. The van der Waals surface area contributed by atoms with Crippen LogP contribution in [0.15, 0.2) is 73.3 Å². The molecule has 34 heavy (non-hydrogen) atoms. The van der Waals surface area contributed by atoms with E-state index in [-0.39, 0.29) is 25.7 Å². The molecule has 2 aromatic carbocycles. The van der Waals surface area contributed by atoms with E-state index in [0.717, 1.165) is 11.1 Å². The smallest absolute Gasteiger partial charge is 0.349 e. The molecule has 2 aliphatic rings. The highest BCUT2D eigenvalue weighted by Gasteiger charge is 2.81. The first-order valence-corrected chi connectivity index (χ1v) is 13.1. The summed E-state index contributed by atoms with van der Waals surface area (Å²) >= 11 is 0. The van der Waals surface area contributed by atoms with Gasteiger partial charge in [-0.15, -0.1) is 6.58 Å². The highest BCUT2D eigenvalue weighted by molar-refractivity contribution is 7.57. The monoisotopic (exact) mass is 486 g/mol. The van der Waals surface area contributed by atoms with Crippen molar-refractivity contribution in [3.8, 4) is 0 Å². The first-order chi connectivity index (χ1) is 16.5. The minimum Gasteiger partial charge on any atom is -0.465 e. The summed E-state index contributed by atoms with van der Waals surface area (Å²) in [4.78, 5) is 12.9. The van der Waals surface area contributed by atoms with Crippen LogP contribution < -0.4 is 0 Å². The molecule has 1 saturated carbocycles. The summed E-state index contributed by atoms with van der Waals surface area (Å²) in [5.41, 5.74) is 2.03. The predicted octanol–water partition coefficient (Wildman–Crippen LogP) is 4.90. The first-order valence-electron chi connectivity index (χ1n) is 11.5. The van der Waals surface area contributed by atoms with E-state index in [4.69, 9.17) is 23.3 Å². The lowest BCUT2D eigenvalue weighted by Crippen LogP contribution is -2.29. The van der Waals surface area contributed by atoms with Crippen LogP contribution in [0.1, 0.15) is 24.5 Å². The fourth-order valence-corrected chi connectivity index (χ4v) is 7.07. The number of fused-ring (bicyclic) bond motifs is 1. The molecular formula is C26H31O7P. The summed E-state index contributed by atoms with van der Waals surface area (Å²) in [5.74, 6) is -0.814. The molecule has 8 heteroatoms. The highest BCUT2D eigenvalue weighted by Crippen LogP contribution is 2.81. The largest absolute Gasteiger partial charge is 0.465 e. The van der Waals surface area contributed by atoms with Crippen LogP contribution >= 0.6 is 7.60 Å². The Kier molecular flexibility index (Phi) is 8.02. The molecule has 0 N–H and O–H groups in total. The van der Waals surface area contributed by atoms with E-state index in [1.807, 2.05) is 60.7 Å². The Labute approximate surface area is 200 Å². The molecule has 1 unspecified atom stereocenters. The SMILES string of the molecule is C=C[C@@H](COCc1ccccc1)OP1(=O)O[C@H](COCc2ccccc2)[C@@H]2C[C@@]21C(=O)OCC. The van der Waals surface area contributed by atoms with E-state index in [2.05, 4.69) is 6.58 Å². The Morgan fingerprint density at radius 2 is 1.74 bits per heavy atom. The van der Waals surface area contributed by atoms with Crippen LogP contribution in [0, 0.1) is 5.92 Å². The minimum atomic E-state index is -3.86. The fourth-order valence-electron chi connectivity index (χ4n) is 4.30. The van der Waals surface area contributed by atoms with E-state index in [1.54, 1.807) is 6.92 Å². The second-order valence-electron chi connectivity index (χ2n) is 8.48. The summed E-state index contributed by atoms with van der Waals surface area (Å²) in [6.45, 7) is 6.80. The van der Waals surface area contributed by atoms with Gasteiger partial charge in [-0.2, -0.15) is 0 Å². The lowest BCUT2D eigenvalue weighted by Gasteiger charge is -2.26. The molecular weight excluding hydrogens is 455 g/mol. The van der Waals surface area contributed by atoms with Crippen molar-refractivity contribution in [2.24, 2.45) is 5.92 Å². The topological polar surface area (TPSA) is 80.3 Å². The van der Waals surface area contributed by atoms with Crippen LogP contribution in [-0.2, 0) is 45.8 Å². The maximum atomic E-state index is 14.0. The minimum absolute atomic E-state index is 0.129. The molecule has 1 saturated heterocycles. The molecule has 2 aromatic rings. The number of carbonyl (C=O) groups is 1. The molecule has 5 atom stereocenters. The number of hydrogen-bond acceptors (Lipinski definition) is 7. The molecule has 0 aromatic heterocycles. The molecule has 0 radical (unpaired) electrons. The summed E-state index contributed by atoms with van der Waals surface area (Å²) in [5, 5.41) is -1.29. The van der Waals surface area contributed by atoms with Gasteiger partial charge in [0.25, 0.3) is 0 Å². The van der Waals surface area contributed by atoms with Crippen molar-refractivity contribution in [2.45, 2.75) is 43.9 Å². The van der Waals surface area contributed by atoms with Gasteiger partial charge in [0.1, 0.15) is 6.10 Å². The highest BCUT2D eigenvalue weighted by atomic mass is 31.2. The van der Waals surface area contributed by atoms with Crippen molar-refractivity contribution in [1.29, 1.82) is 0 Å². The van der Waals surface area contributed by atoms with Gasteiger partial charge in [-0.1, -0.05) is 66.7 Å². The van der Waals surface area contributed by atoms with Crippen molar-refractivity contribution in [2.75, 3.05) is 19.8 Å². The molecule has 1 aliphatic carbocycles. The normalized spacial score (nSPS) is 28.1. The van der Waals surface area contributed by atoms with Gasteiger partial charge < -0.3 is 18.7 Å². The standard InChI is InChI=1S/C26H31O7P/c1-3-22(18-29-16-20-11-7-5-8-12-20)32-34(28)26(25(27)31-4-2)15-23(26)24(33-34)19-30-17-21-13-9-6-10-14-21/h3,5-14,22-24H,1,4,15-19H2,2H3/t22-,23-,24+,26-,34?/m0/s1. The number of hydrogen-bond donors (Lipinski definition) is 0. The number of rotatable bonds is 13. The van der Waals surface area contributed by atoms with Gasteiger partial charge in [-0.05, 0) is 24.5 Å². The Balaban J connectivity index is 1.40. The molecule has 182 valence electrons. The zero-order valence-electron chi connectivity index (χ0n) is 19.3. The maximum Gasteiger partial charge on any atom is 0.349 e.